The van der Waals surface area contributed by atoms with Crippen molar-refractivity contribution in [3.05, 3.63) is 19.3 Å². The maximum absolute atomic E-state index is 10.0. The second-order valence-electron chi connectivity index (χ2n) is 1.39. The van der Waals surface area contributed by atoms with Crippen LogP contribution in [0.1, 0.15) is 6.92 Å². The van der Waals surface area contributed by atoms with Crippen LogP contribution >= 0.6 is 7.82 Å². The van der Waals surface area contributed by atoms with Crippen LogP contribution in [-0.2, 0) is 14.1 Å². The molecular formula is C5H10NaO6P. The average molecular weight is 220 g/mol. The second kappa shape index (κ2) is 10.4. The molecule has 6 nitrogen and oxygen atoms in total. The third-order valence-electron chi connectivity index (χ3n) is 0.401. The van der Waals surface area contributed by atoms with Gasteiger partial charge in [0.25, 0.3) is 5.97 Å². The molecule has 0 saturated carbocycles. The molecule has 0 heterocycles. The predicted molar refractivity (Wildman–Crippen MR) is 40.5 cm³/mol. The summed E-state index contributed by atoms with van der Waals surface area (Å²) in [5.74, 6) is -0.414. The summed E-state index contributed by atoms with van der Waals surface area (Å²) in [6.07, 6.45) is 1.11. The zero-order valence-electron chi connectivity index (χ0n) is 7.38. The monoisotopic (exact) mass is 220 g/mol. The van der Waals surface area contributed by atoms with Crippen molar-refractivity contribution in [2.45, 2.75) is 6.92 Å². The summed E-state index contributed by atoms with van der Waals surface area (Å²) in [7, 11) is -4.64. The van der Waals surface area contributed by atoms with Crippen molar-refractivity contribution in [1.29, 1.82) is 0 Å². The number of hydrogen-bond acceptors (Lipinski definition) is 3. The minimum atomic E-state index is -4.64. The first-order chi connectivity index (χ1) is 5.31. The minimum Gasteiger partial charge on any atom is -0.634 e. The molecule has 0 saturated heterocycles. The first-order valence-corrected chi connectivity index (χ1v) is 4.27. The Morgan fingerprint density at radius 1 is 1.54 bits per heavy atom. The van der Waals surface area contributed by atoms with E-state index >= 15 is 0 Å². The fraction of sp³-hybridized carbons (Fsp3) is 0.200. The summed E-state index contributed by atoms with van der Waals surface area (Å²) in [6, 6.07) is 0. The molecule has 0 rings (SSSR count). The van der Waals surface area contributed by atoms with Crippen LogP contribution in [-0.4, -0.2) is 20.6 Å². The van der Waals surface area contributed by atoms with Gasteiger partial charge in [-0.05, 0) is 0 Å². The number of hydrogen-bond donors (Lipinski definition) is 3. The van der Waals surface area contributed by atoms with Gasteiger partial charge in [0.05, 0.1) is 0 Å². The van der Waals surface area contributed by atoms with Crippen LogP contribution in [0.25, 0.3) is 0 Å². The predicted octanol–water partition coefficient (Wildman–Crippen LogP) is -3.03. The topological polar surface area (TPSA) is 104 Å². The van der Waals surface area contributed by atoms with Crippen molar-refractivity contribution in [2.75, 3.05) is 0 Å². The van der Waals surface area contributed by atoms with Gasteiger partial charge in [-0.3, -0.25) is 0 Å². The van der Waals surface area contributed by atoms with E-state index in [1.807, 2.05) is 0 Å². The van der Waals surface area contributed by atoms with E-state index in [9.17, 15) is 4.79 Å². The van der Waals surface area contributed by atoms with Crippen molar-refractivity contribution in [2.24, 2.45) is 0 Å². The Bertz CT molecular complexity index is 179. The standard InChI is InChI=1S/C5H7O2.Na.H3O4P/c1-3-5(6)7-4-2;;1-5(2,3)4/h3-4H,1H2,2H3;;(H3,1,2,3,4)/q-1;+1;. The van der Waals surface area contributed by atoms with Crippen LogP contribution in [0.5, 0.6) is 0 Å². The number of phosphoric acid groups is 1. The van der Waals surface area contributed by atoms with E-state index in [4.69, 9.17) is 19.2 Å². The van der Waals surface area contributed by atoms with Gasteiger partial charge in [-0.1, -0.05) is 6.58 Å². The first-order valence-electron chi connectivity index (χ1n) is 2.70. The molecule has 13 heavy (non-hydrogen) atoms. The maximum Gasteiger partial charge on any atom is 1.00 e. The van der Waals surface area contributed by atoms with E-state index in [0.717, 1.165) is 6.08 Å². The van der Waals surface area contributed by atoms with Gasteiger partial charge in [0.15, 0.2) is 0 Å². The van der Waals surface area contributed by atoms with Gasteiger partial charge in [0, 0.05) is 6.08 Å². The van der Waals surface area contributed by atoms with Crippen molar-refractivity contribution >= 4 is 13.8 Å². The zero-order valence-corrected chi connectivity index (χ0v) is 10.3. The van der Waals surface area contributed by atoms with Crippen LogP contribution < -0.4 is 29.6 Å². The van der Waals surface area contributed by atoms with Crippen molar-refractivity contribution < 1.29 is 58.3 Å². The van der Waals surface area contributed by atoms with Crippen LogP contribution in [0, 0.1) is 6.61 Å². The molecule has 0 amide bonds. The first kappa shape index (κ1) is 19.0. The molecule has 0 aliphatic carbocycles. The van der Waals surface area contributed by atoms with Crippen LogP contribution in [0.2, 0.25) is 0 Å². The van der Waals surface area contributed by atoms with Crippen molar-refractivity contribution in [3.63, 3.8) is 0 Å². The van der Waals surface area contributed by atoms with Crippen molar-refractivity contribution in [1.82, 2.24) is 0 Å². The minimum absolute atomic E-state index is 0. The van der Waals surface area contributed by atoms with Gasteiger partial charge in [0.1, 0.15) is 0 Å². The molecule has 0 spiro atoms. The van der Waals surface area contributed by atoms with Crippen molar-refractivity contribution in [3.8, 4) is 0 Å². The summed E-state index contributed by atoms with van der Waals surface area (Å²) >= 11 is 0. The Morgan fingerprint density at radius 2 is 1.85 bits per heavy atom. The molecule has 72 valence electrons. The number of carbonyl (C=O) groups excluding carboxylic acids is 1. The van der Waals surface area contributed by atoms with Crippen LogP contribution in [0.15, 0.2) is 12.7 Å². The smallest absolute Gasteiger partial charge is 0.634 e. The molecule has 0 aliphatic heterocycles. The van der Waals surface area contributed by atoms with Gasteiger partial charge >= 0.3 is 37.4 Å². The Morgan fingerprint density at radius 3 is 1.92 bits per heavy atom. The zero-order chi connectivity index (χ0) is 10.2. The maximum atomic E-state index is 10.0. The number of esters is 1. The summed E-state index contributed by atoms with van der Waals surface area (Å²) in [6.45, 7) is 6.12. The Hall–Kier alpha value is 0.320. The Labute approximate surface area is 98.1 Å². The van der Waals surface area contributed by atoms with Gasteiger partial charge in [-0.15, -0.1) is 0 Å². The number of ether oxygens (including phenoxy) is 1. The van der Waals surface area contributed by atoms with Gasteiger partial charge in [0.2, 0.25) is 0 Å². The molecule has 0 aromatic carbocycles. The number of rotatable bonds is 2. The molecular weight excluding hydrogens is 210 g/mol. The quantitative estimate of drug-likeness (QED) is 0.150. The van der Waals surface area contributed by atoms with Crippen LogP contribution in [0.3, 0.4) is 0 Å². The average Bonchev–Trinajstić information content (AvgIpc) is 1.85. The largest absolute Gasteiger partial charge is 1.00 e. The third kappa shape index (κ3) is 46.4. The second-order valence-corrected chi connectivity index (χ2v) is 2.42. The van der Waals surface area contributed by atoms with E-state index in [2.05, 4.69) is 11.3 Å². The number of carbonyl (C=O) groups is 1. The van der Waals surface area contributed by atoms with Crippen LogP contribution in [0.4, 0.5) is 0 Å². The SMILES string of the molecule is C=CC(=O)O[CH-]C.O=P(O)(O)O.[Na+]. The Kier molecular flexibility index (Phi) is 15.2. The molecule has 0 aromatic heterocycles. The summed E-state index contributed by atoms with van der Waals surface area (Å²) < 4.78 is 13.2. The third-order valence-corrected chi connectivity index (χ3v) is 0.401. The molecule has 0 radical (unpaired) electrons. The fourth-order valence-corrected chi connectivity index (χ4v) is 0.164. The van der Waals surface area contributed by atoms with E-state index in [0.29, 0.717) is 0 Å². The molecule has 0 atom stereocenters. The normalized spacial score (nSPS) is 8.62. The molecule has 0 bridgehead atoms. The van der Waals surface area contributed by atoms with E-state index in [-0.39, 0.29) is 29.6 Å². The van der Waals surface area contributed by atoms with E-state index in [1.54, 1.807) is 6.92 Å². The molecule has 8 heteroatoms. The van der Waals surface area contributed by atoms with Gasteiger partial charge < -0.3 is 19.4 Å². The summed E-state index contributed by atoms with van der Waals surface area (Å²) in [4.78, 5) is 31.6. The van der Waals surface area contributed by atoms with Gasteiger partial charge in [-0.25, -0.2) is 9.36 Å². The molecule has 0 fully saturated rings. The molecule has 0 unspecified atom stereocenters. The Balaban J connectivity index is -0.000000150. The van der Waals surface area contributed by atoms with E-state index in [1.165, 1.54) is 6.61 Å². The molecule has 3 N–H and O–H groups in total. The molecule has 0 aromatic rings. The summed E-state index contributed by atoms with van der Waals surface area (Å²) in [5.41, 5.74) is 0. The van der Waals surface area contributed by atoms with Gasteiger partial charge in [-0.2, -0.15) is 13.5 Å². The molecule has 0 aliphatic rings. The summed E-state index contributed by atoms with van der Waals surface area (Å²) in [5, 5.41) is 0. The van der Waals surface area contributed by atoms with E-state index < -0.39 is 13.8 Å². The fourth-order valence-electron chi connectivity index (χ4n) is 0.164.